The van der Waals surface area contributed by atoms with Crippen molar-refractivity contribution >= 4 is 5.91 Å². The van der Waals surface area contributed by atoms with E-state index < -0.39 is 17.5 Å². The van der Waals surface area contributed by atoms with E-state index in [0.29, 0.717) is 18.3 Å². The lowest BCUT2D eigenvalue weighted by Crippen LogP contribution is -2.31. The van der Waals surface area contributed by atoms with E-state index in [9.17, 15) is 13.6 Å². The minimum Gasteiger partial charge on any atom is -0.420 e. The average Bonchev–Trinajstić information content (AvgIpc) is 3.25. The van der Waals surface area contributed by atoms with Crippen molar-refractivity contribution in [1.82, 2.24) is 20.5 Å². The van der Waals surface area contributed by atoms with Crippen LogP contribution < -0.4 is 5.32 Å². The van der Waals surface area contributed by atoms with Crippen molar-refractivity contribution in [3.05, 3.63) is 65.8 Å². The van der Waals surface area contributed by atoms with Crippen molar-refractivity contribution in [2.24, 2.45) is 5.92 Å². The molecule has 1 amide bonds. The smallest absolute Gasteiger partial charge is 0.254 e. The van der Waals surface area contributed by atoms with Gasteiger partial charge in [0.05, 0.1) is 5.56 Å². The lowest BCUT2D eigenvalue weighted by Gasteiger charge is -2.26. The number of benzene rings is 1. The molecule has 0 spiro atoms. The molecule has 0 atom stereocenters. The highest BCUT2D eigenvalue weighted by Gasteiger charge is 2.27. The van der Waals surface area contributed by atoms with Gasteiger partial charge in [0.15, 0.2) is 11.6 Å². The zero-order chi connectivity index (χ0) is 20.2. The number of halogens is 2. The highest BCUT2D eigenvalue weighted by atomic mass is 19.2. The van der Waals surface area contributed by atoms with Gasteiger partial charge < -0.3 is 9.73 Å². The maximum Gasteiger partial charge on any atom is 0.254 e. The fraction of sp³-hybridized carbons (Fsp3) is 0.333. The topological polar surface area (TPSA) is 80.9 Å². The molecule has 0 unspecified atom stereocenters. The van der Waals surface area contributed by atoms with E-state index >= 15 is 0 Å². The molecule has 1 aliphatic carbocycles. The van der Waals surface area contributed by atoms with Gasteiger partial charge in [-0.25, -0.2) is 8.78 Å². The Kier molecular flexibility index (Phi) is 5.59. The van der Waals surface area contributed by atoms with Crippen molar-refractivity contribution in [2.45, 2.75) is 31.6 Å². The molecule has 4 rings (SSSR count). The maximum atomic E-state index is 13.7. The maximum absolute atomic E-state index is 13.7. The number of pyridine rings is 1. The third-order valence-electron chi connectivity index (χ3n) is 5.31. The normalized spacial score (nSPS) is 19.1. The first-order chi connectivity index (χ1) is 14.1. The summed E-state index contributed by atoms with van der Waals surface area (Å²) in [5.74, 6) is -1.17. The van der Waals surface area contributed by atoms with Crippen LogP contribution in [0.5, 0.6) is 0 Å². The number of aromatic nitrogens is 3. The highest BCUT2D eigenvalue weighted by Crippen LogP contribution is 2.35. The first-order valence-electron chi connectivity index (χ1n) is 9.58. The third kappa shape index (κ3) is 4.31. The van der Waals surface area contributed by atoms with Crippen molar-refractivity contribution in [3.8, 4) is 11.5 Å². The molecule has 2 heterocycles. The number of nitrogens with zero attached hydrogens (tertiary/aromatic N) is 3. The monoisotopic (exact) mass is 398 g/mol. The van der Waals surface area contributed by atoms with Gasteiger partial charge in [0.25, 0.3) is 5.91 Å². The minimum atomic E-state index is -1.12. The van der Waals surface area contributed by atoms with Gasteiger partial charge >= 0.3 is 0 Å². The van der Waals surface area contributed by atoms with Crippen LogP contribution >= 0.6 is 0 Å². The Labute approximate surface area is 166 Å². The summed E-state index contributed by atoms with van der Waals surface area (Å²) >= 11 is 0. The lowest BCUT2D eigenvalue weighted by atomic mass is 9.82. The average molecular weight is 398 g/mol. The molecule has 29 heavy (non-hydrogen) atoms. The Morgan fingerprint density at radius 2 is 1.83 bits per heavy atom. The number of hydrogen-bond acceptors (Lipinski definition) is 5. The molecule has 1 saturated carbocycles. The first-order valence-corrected chi connectivity index (χ1v) is 9.58. The van der Waals surface area contributed by atoms with Crippen molar-refractivity contribution in [2.75, 3.05) is 6.54 Å². The number of rotatable bonds is 5. The van der Waals surface area contributed by atoms with Crippen LogP contribution in [-0.2, 0) is 0 Å². The van der Waals surface area contributed by atoms with E-state index in [4.69, 9.17) is 4.42 Å². The van der Waals surface area contributed by atoms with Gasteiger partial charge in [-0.2, -0.15) is 0 Å². The standard InChI is InChI=1S/C21H20F2N4O2/c22-17-3-1-2-16(18(17)23)19(28)25-12-13-4-6-14(7-5-13)20-26-27-21(29-20)15-8-10-24-11-9-15/h1-3,8-11,13-14H,4-7,12H2,(H,25,28). The molecular weight excluding hydrogens is 378 g/mol. The zero-order valence-corrected chi connectivity index (χ0v) is 15.6. The third-order valence-corrected chi connectivity index (χ3v) is 5.31. The van der Waals surface area contributed by atoms with Crippen LogP contribution in [0.25, 0.3) is 11.5 Å². The Bertz CT molecular complexity index is 985. The van der Waals surface area contributed by atoms with E-state index in [1.807, 2.05) is 12.1 Å². The molecule has 3 aromatic rings. The summed E-state index contributed by atoms with van der Waals surface area (Å²) < 4.78 is 32.8. The molecular formula is C21H20F2N4O2. The minimum absolute atomic E-state index is 0.186. The van der Waals surface area contributed by atoms with E-state index in [-0.39, 0.29) is 17.4 Å². The predicted molar refractivity (Wildman–Crippen MR) is 101 cm³/mol. The van der Waals surface area contributed by atoms with Crippen LogP contribution in [0.2, 0.25) is 0 Å². The molecule has 2 aromatic heterocycles. The molecule has 6 nitrogen and oxygen atoms in total. The molecule has 1 N–H and O–H groups in total. The van der Waals surface area contributed by atoms with Crippen LogP contribution in [-0.4, -0.2) is 27.6 Å². The molecule has 8 heteroatoms. The van der Waals surface area contributed by atoms with Crippen LogP contribution in [0.15, 0.2) is 47.1 Å². The summed E-state index contributed by atoms with van der Waals surface area (Å²) in [6, 6.07) is 7.23. The van der Waals surface area contributed by atoms with E-state index in [1.54, 1.807) is 12.4 Å². The molecule has 1 fully saturated rings. The summed E-state index contributed by atoms with van der Waals surface area (Å²) in [5.41, 5.74) is 0.563. The quantitative estimate of drug-likeness (QED) is 0.699. The second-order valence-electron chi connectivity index (χ2n) is 7.21. The second-order valence-corrected chi connectivity index (χ2v) is 7.21. The number of amides is 1. The van der Waals surface area contributed by atoms with Crippen LogP contribution in [0.3, 0.4) is 0 Å². The van der Waals surface area contributed by atoms with Gasteiger partial charge in [0.1, 0.15) is 0 Å². The number of hydrogen-bond donors (Lipinski definition) is 1. The number of carbonyl (C=O) groups is 1. The summed E-state index contributed by atoms with van der Waals surface area (Å²) in [6.07, 6.45) is 6.84. The van der Waals surface area contributed by atoms with Gasteiger partial charge in [-0.05, 0) is 55.9 Å². The van der Waals surface area contributed by atoms with Gasteiger partial charge in [-0.3, -0.25) is 9.78 Å². The fourth-order valence-corrected chi connectivity index (χ4v) is 3.64. The molecule has 1 aliphatic rings. The molecule has 0 aliphatic heterocycles. The summed E-state index contributed by atoms with van der Waals surface area (Å²) in [4.78, 5) is 16.1. The Balaban J connectivity index is 1.29. The summed E-state index contributed by atoms with van der Waals surface area (Å²) in [7, 11) is 0. The zero-order valence-electron chi connectivity index (χ0n) is 15.6. The van der Waals surface area contributed by atoms with Gasteiger partial charge in [0.2, 0.25) is 11.8 Å². The predicted octanol–water partition coefficient (Wildman–Crippen LogP) is 4.11. The highest BCUT2D eigenvalue weighted by molar-refractivity contribution is 5.94. The number of carbonyl (C=O) groups excluding carboxylic acids is 1. The van der Waals surface area contributed by atoms with Crippen molar-refractivity contribution in [1.29, 1.82) is 0 Å². The van der Waals surface area contributed by atoms with Crippen LogP contribution in [0.1, 0.15) is 47.8 Å². The van der Waals surface area contributed by atoms with Crippen LogP contribution in [0, 0.1) is 17.6 Å². The van der Waals surface area contributed by atoms with Gasteiger partial charge in [-0.1, -0.05) is 6.07 Å². The van der Waals surface area contributed by atoms with E-state index in [0.717, 1.165) is 37.3 Å². The summed E-state index contributed by atoms with van der Waals surface area (Å²) in [5, 5.41) is 11.0. The Morgan fingerprint density at radius 1 is 1.07 bits per heavy atom. The number of nitrogens with one attached hydrogen (secondary N) is 1. The van der Waals surface area contributed by atoms with Gasteiger partial charge in [0, 0.05) is 30.4 Å². The molecule has 0 radical (unpaired) electrons. The lowest BCUT2D eigenvalue weighted by molar-refractivity contribution is 0.0937. The first kappa shape index (κ1) is 19.2. The fourth-order valence-electron chi connectivity index (χ4n) is 3.64. The van der Waals surface area contributed by atoms with Crippen molar-refractivity contribution in [3.63, 3.8) is 0 Å². The largest absolute Gasteiger partial charge is 0.420 e. The summed E-state index contributed by atoms with van der Waals surface area (Å²) in [6.45, 7) is 0.424. The van der Waals surface area contributed by atoms with E-state index in [1.165, 1.54) is 12.1 Å². The Hall–Kier alpha value is -3.16. The van der Waals surface area contributed by atoms with Gasteiger partial charge in [-0.15, -0.1) is 10.2 Å². The van der Waals surface area contributed by atoms with Crippen LogP contribution in [0.4, 0.5) is 8.78 Å². The molecule has 0 bridgehead atoms. The second kappa shape index (κ2) is 8.46. The molecule has 150 valence electrons. The van der Waals surface area contributed by atoms with Crippen molar-refractivity contribution < 1.29 is 18.0 Å². The Morgan fingerprint density at radius 3 is 2.59 bits per heavy atom. The molecule has 0 saturated heterocycles. The molecule has 1 aromatic carbocycles. The SMILES string of the molecule is O=C(NCC1CCC(c2nnc(-c3ccncc3)o2)CC1)c1cccc(F)c1F. The van der Waals surface area contributed by atoms with E-state index in [2.05, 4.69) is 20.5 Å².